The molecule has 6 rings (SSSR count). The van der Waals surface area contributed by atoms with Crippen molar-refractivity contribution in [2.24, 2.45) is 7.05 Å². The molecule has 2 amide bonds. The Morgan fingerprint density at radius 1 is 1.12 bits per heavy atom. The van der Waals surface area contributed by atoms with Crippen molar-refractivity contribution < 1.29 is 9.59 Å². The van der Waals surface area contributed by atoms with E-state index in [1.807, 2.05) is 30.8 Å². The molecule has 1 aromatic carbocycles. The molecule has 1 fully saturated rings. The highest BCUT2D eigenvalue weighted by Gasteiger charge is 2.41. The molecule has 0 radical (unpaired) electrons. The molecular weight excluding hydrogens is 506 g/mol. The highest BCUT2D eigenvalue weighted by atomic mass is 16.2. The second kappa shape index (κ2) is 9.64. The third kappa shape index (κ3) is 4.09. The van der Waals surface area contributed by atoms with Gasteiger partial charge in [-0.05, 0) is 51.0 Å². The molecule has 2 atom stereocenters. The zero-order valence-electron chi connectivity index (χ0n) is 22.5. The van der Waals surface area contributed by atoms with Crippen LogP contribution in [0.15, 0.2) is 42.6 Å². The summed E-state index contributed by atoms with van der Waals surface area (Å²) in [6, 6.07) is 12.6. The number of pyridine rings is 1. The number of carbonyl (C=O) groups is 2. The van der Waals surface area contributed by atoms with Crippen molar-refractivity contribution in [3.05, 3.63) is 70.7 Å². The van der Waals surface area contributed by atoms with Gasteiger partial charge < -0.3 is 20.5 Å². The van der Waals surface area contributed by atoms with Crippen molar-refractivity contribution in [3.8, 4) is 6.07 Å². The van der Waals surface area contributed by atoms with E-state index in [4.69, 9.17) is 10.7 Å². The monoisotopic (exact) mass is 535 g/mol. The highest BCUT2D eigenvalue weighted by molar-refractivity contribution is 6.21. The normalized spacial score (nSPS) is 17.7. The highest BCUT2D eigenvalue weighted by Crippen LogP contribution is 2.35. The number of hydrogen-bond acceptors (Lipinski definition) is 9. The van der Waals surface area contributed by atoms with Gasteiger partial charge in [0.1, 0.15) is 17.5 Å². The van der Waals surface area contributed by atoms with Crippen LogP contribution in [0.3, 0.4) is 0 Å². The number of nitrogen functional groups attached to an aromatic ring is 1. The number of nitrogens with one attached hydrogen (secondary N) is 1. The summed E-state index contributed by atoms with van der Waals surface area (Å²) < 4.78 is 2.02. The minimum atomic E-state index is -0.347. The lowest BCUT2D eigenvalue weighted by Crippen LogP contribution is -2.50. The van der Waals surface area contributed by atoms with E-state index < -0.39 is 0 Å². The van der Waals surface area contributed by atoms with Gasteiger partial charge in [0.05, 0.1) is 51.3 Å². The van der Waals surface area contributed by atoms with Crippen molar-refractivity contribution in [1.82, 2.24) is 24.4 Å². The van der Waals surface area contributed by atoms with Gasteiger partial charge in [-0.15, -0.1) is 0 Å². The maximum atomic E-state index is 13.2. The molecule has 0 aliphatic carbocycles. The number of rotatable bonds is 5. The van der Waals surface area contributed by atoms with Crippen molar-refractivity contribution in [2.75, 3.05) is 29.0 Å². The topological polar surface area (TPSA) is 146 Å². The van der Waals surface area contributed by atoms with E-state index in [0.717, 1.165) is 41.8 Å². The summed E-state index contributed by atoms with van der Waals surface area (Å²) in [6.45, 7) is 4.92. The van der Waals surface area contributed by atoms with Crippen LogP contribution in [0.2, 0.25) is 0 Å². The number of fused-ring (bicyclic) bond motifs is 2. The van der Waals surface area contributed by atoms with Crippen LogP contribution in [-0.2, 0) is 7.05 Å². The summed E-state index contributed by atoms with van der Waals surface area (Å²) in [7, 11) is 1.97. The molecule has 202 valence electrons. The Balaban J connectivity index is 1.36. The number of nitrogens with zero attached hydrogens (tertiary/aromatic N) is 7. The first kappa shape index (κ1) is 25.3. The Morgan fingerprint density at radius 3 is 2.55 bits per heavy atom. The first-order valence-corrected chi connectivity index (χ1v) is 13.3. The fourth-order valence-corrected chi connectivity index (χ4v) is 5.79. The van der Waals surface area contributed by atoms with Crippen LogP contribution in [0, 0.1) is 18.3 Å². The summed E-state index contributed by atoms with van der Waals surface area (Å²) in [5.41, 5.74) is 11.1. The molecule has 0 bridgehead atoms. The van der Waals surface area contributed by atoms with E-state index in [1.165, 1.54) is 4.90 Å². The number of carbonyl (C=O) groups excluding carboxylic acids is 2. The van der Waals surface area contributed by atoms with Crippen LogP contribution in [0.1, 0.15) is 63.5 Å². The largest absolute Gasteiger partial charge is 0.368 e. The second-order valence-corrected chi connectivity index (χ2v) is 10.4. The third-order valence-electron chi connectivity index (χ3n) is 7.79. The predicted molar refractivity (Wildman–Crippen MR) is 151 cm³/mol. The van der Waals surface area contributed by atoms with Gasteiger partial charge in [-0.2, -0.15) is 10.2 Å². The van der Waals surface area contributed by atoms with Gasteiger partial charge in [0.15, 0.2) is 0 Å². The van der Waals surface area contributed by atoms with Gasteiger partial charge in [0, 0.05) is 26.3 Å². The van der Waals surface area contributed by atoms with Crippen molar-refractivity contribution >= 4 is 40.3 Å². The number of hydrogen-bond donors (Lipinski definition) is 2. The van der Waals surface area contributed by atoms with Gasteiger partial charge in [-0.3, -0.25) is 14.5 Å². The molecule has 40 heavy (non-hydrogen) atoms. The molecule has 5 heterocycles. The summed E-state index contributed by atoms with van der Waals surface area (Å²) in [6.07, 6.45) is 3.50. The van der Waals surface area contributed by atoms with Crippen LogP contribution in [0.4, 0.5) is 17.5 Å². The average molecular weight is 536 g/mol. The smallest absolute Gasteiger partial charge is 0.261 e. The van der Waals surface area contributed by atoms with Crippen LogP contribution >= 0.6 is 0 Å². The zero-order chi connectivity index (χ0) is 28.1. The molecule has 2 aliphatic heterocycles. The van der Waals surface area contributed by atoms with Crippen molar-refractivity contribution in [2.45, 2.75) is 38.8 Å². The summed E-state index contributed by atoms with van der Waals surface area (Å²) in [5.74, 6) is -0.0416. The molecule has 0 spiro atoms. The molecular formula is C29H29N9O2. The molecule has 3 aromatic heterocycles. The van der Waals surface area contributed by atoms with Gasteiger partial charge in [-0.25, -0.2) is 9.97 Å². The quantitative estimate of drug-likeness (QED) is 0.366. The fourth-order valence-electron chi connectivity index (χ4n) is 5.79. The van der Waals surface area contributed by atoms with Gasteiger partial charge in [0.2, 0.25) is 5.95 Å². The number of nitriles is 1. The van der Waals surface area contributed by atoms with Crippen molar-refractivity contribution in [1.29, 1.82) is 5.26 Å². The van der Waals surface area contributed by atoms with E-state index in [0.29, 0.717) is 34.7 Å². The number of anilines is 3. The Labute approximate surface area is 231 Å². The SMILES string of the molecule is Cc1nc(N)nc(N[C@@H](C)c2nc3ccn(C)c3cc2N2CCC[C@H](N3C(=O)c4ccccc4C3=O)C2)c1C#N. The molecule has 2 aliphatic rings. The lowest BCUT2D eigenvalue weighted by atomic mass is 10.0. The number of aryl methyl sites for hydroxylation is 2. The van der Waals surface area contributed by atoms with E-state index in [-0.39, 0.29) is 29.8 Å². The number of benzene rings is 1. The lowest BCUT2D eigenvalue weighted by molar-refractivity contribution is 0.0570. The minimum Gasteiger partial charge on any atom is -0.368 e. The Morgan fingerprint density at radius 2 is 1.85 bits per heavy atom. The number of nitrogens with two attached hydrogens (primary N) is 1. The maximum absolute atomic E-state index is 13.2. The molecule has 11 heteroatoms. The average Bonchev–Trinajstić information content (AvgIpc) is 3.43. The lowest BCUT2D eigenvalue weighted by Gasteiger charge is -2.39. The second-order valence-electron chi connectivity index (χ2n) is 10.4. The van der Waals surface area contributed by atoms with Crippen LogP contribution in [-0.4, -0.2) is 55.4 Å². The van der Waals surface area contributed by atoms with Crippen molar-refractivity contribution in [3.63, 3.8) is 0 Å². The number of aromatic nitrogens is 4. The standard InChI is InChI=1S/C29H29N9O2/c1-16-21(14-30)26(35-29(31)33-16)32-17(2)25-24(13-23-22(34-25)10-12-36(23)3)37-11-6-7-18(15-37)38-27(39)19-8-4-5-9-20(19)28(38)40/h4-5,8-10,12-13,17-18H,6-7,11,15H2,1-3H3,(H3,31,32,33,35)/t17-,18-/m0/s1. The minimum absolute atomic E-state index is 0.0812. The van der Waals surface area contributed by atoms with E-state index in [2.05, 4.69) is 32.3 Å². The first-order valence-electron chi connectivity index (χ1n) is 13.3. The molecule has 0 unspecified atom stereocenters. The third-order valence-corrected chi connectivity index (χ3v) is 7.79. The maximum Gasteiger partial charge on any atom is 0.261 e. The Hall–Kier alpha value is -4.98. The summed E-state index contributed by atoms with van der Waals surface area (Å²) in [4.78, 5) is 43.5. The Kier molecular flexibility index (Phi) is 6.10. The van der Waals surface area contributed by atoms with Crippen LogP contribution < -0.4 is 16.0 Å². The van der Waals surface area contributed by atoms with Crippen LogP contribution in [0.5, 0.6) is 0 Å². The van der Waals surface area contributed by atoms with E-state index in [9.17, 15) is 14.9 Å². The first-order chi connectivity index (χ1) is 19.3. The zero-order valence-corrected chi connectivity index (χ0v) is 22.5. The molecule has 1 saturated heterocycles. The molecule has 3 N–H and O–H groups in total. The summed E-state index contributed by atoms with van der Waals surface area (Å²) in [5, 5.41) is 13.1. The number of amides is 2. The van der Waals surface area contributed by atoms with Gasteiger partial charge in [0.25, 0.3) is 11.8 Å². The van der Waals surface area contributed by atoms with E-state index >= 15 is 0 Å². The molecule has 4 aromatic rings. The predicted octanol–water partition coefficient (Wildman–Crippen LogP) is 3.56. The van der Waals surface area contributed by atoms with Crippen LogP contribution in [0.25, 0.3) is 11.0 Å². The van der Waals surface area contributed by atoms with Gasteiger partial charge in [-0.1, -0.05) is 12.1 Å². The van der Waals surface area contributed by atoms with E-state index in [1.54, 1.807) is 31.2 Å². The van der Waals surface area contributed by atoms with Gasteiger partial charge >= 0.3 is 0 Å². The summed E-state index contributed by atoms with van der Waals surface area (Å²) >= 11 is 0. The molecule has 11 nitrogen and oxygen atoms in total. The molecule has 0 saturated carbocycles. The fraction of sp³-hybridized carbons (Fsp3) is 0.310. The Bertz CT molecular complexity index is 1690. The number of imide groups is 1. The number of piperidine rings is 1.